The van der Waals surface area contributed by atoms with Crippen molar-refractivity contribution in [2.24, 2.45) is 22.9 Å². The monoisotopic (exact) mass is 530 g/mol. The highest BCUT2D eigenvalue weighted by molar-refractivity contribution is 5.74. The van der Waals surface area contributed by atoms with Crippen molar-refractivity contribution in [3.05, 3.63) is 29.1 Å². The largest absolute Gasteiger partial charge is 0.480 e. The van der Waals surface area contributed by atoms with E-state index in [9.17, 15) is 29.4 Å². The van der Waals surface area contributed by atoms with Crippen LogP contribution in [0.4, 0.5) is 0 Å². The molecule has 1 aromatic rings. The van der Waals surface area contributed by atoms with E-state index >= 15 is 0 Å². The van der Waals surface area contributed by atoms with E-state index < -0.39 is 86.5 Å². The first-order valence-corrected chi connectivity index (χ1v) is 11.7. The smallest absolute Gasteiger partial charge is 0.320 e. The molecule has 0 fully saturated rings. The zero-order valence-electron chi connectivity index (χ0n) is 24.4. The lowest BCUT2D eigenvalue weighted by molar-refractivity contribution is -0.705. The minimum atomic E-state index is -1.47. The molecule has 13 nitrogen and oxygen atoms in total. The van der Waals surface area contributed by atoms with Crippen LogP contribution in [0.25, 0.3) is 0 Å². The van der Waals surface area contributed by atoms with Crippen LogP contribution in [0.3, 0.4) is 0 Å². The van der Waals surface area contributed by atoms with Crippen molar-refractivity contribution >= 4 is 23.9 Å². The molecule has 5 unspecified atom stereocenters. The van der Waals surface area contributed by atoms with Gasteiger partial charge in [-0.05, 0) is 57.4 Å². The van der Waals surface area contributed by atoms with Gasteiger partial charge in [-0.15, -0.1) is 0 Å². The van der Waals surface area contributed by atoms with Gasteiger partial charge in [-0.3, -0.25) is 19.2 Å². The Morgan fingerprint density at radius 1 is 0.730 bits per heavy atom. The average molecular weight is 531 g/mol. The number of aromatic nitrogens is 1. The quantitative estimate of drug-likeness (QED) is 0.0789. The first-order valence-electron chi connectivity index (χ1n) is 14.0. The predicted molar refractivity (Wildman–Crippen MR) is 133 cm³/mol. The third-order valence-corrected chi connectivity index (χ3v) is 5.53. The summed E-state index contributed by atoms with van der Waals surface area (Å²) < 4.78 is 36.0. The first-order chi connectivity index (χ1) is 19.0. The van der Waals surface area contributed by atoms with Crippen LogP contribution in [-0.4, -0.2) is 68.5 Å². The van der Waals surface area contributed by atoms with E-state index in [0.717, 1.165) is 0 Å². The second-order valence-electron chi connectivity index (χ2n) is 8.60. The molecule has 0 aliphatic rings. The van der Waals surface area contributed by atoms with E-state index in [1.54, 1.807) is 0 Å². The van der Waals surface area contributed by atoms with Crippen molar-refractivity contribution in [2.45, 2.75) is 94.8 Å². The molecule has 1 rings (SSSR count). The van der Waals surface area contributed by atoms with E-state index in [0.29, 0.717) is 12.8 Å². The van der Waals surface area contributed by atoms with Crippen LogP contribution in [0.2, 0.25) is 0 Å². The second kappa shape index (κ2) is 15.9. The Morgan fingerprint density at radius 3 is 1.76 bits per heavy atom. The van der Waals surface area contributed by atoms with Crippen LogP contribution in [0.15, 0.2) is 12.3 Å². The number of carboxylic acid groups (broad SMARTS) is 4. The Hall–Kier alpha value is -3.13. The first kappa shape index (κ1) is 25.5. The van der Waals surface area contributed by atoms with Gasteiger partial charge < -0.3 is 43.4 Å². The van der Waals surface area contributed by atoms with Gasteiger partial charge in [-0.1, -0.05) is 0 Å². The topological polar surface area (TPSA) is 257 Å². The Balaban J connectivity index is 3.67. The molecule has 0 aliphatic heterocycles. The number of nitrogens with zero attached hydrogens (tertiary/aromatic N) is 1. The van der Waals surface area contributed by atoms with Crippen molar-refractivity contribution in [1.82, 2.24) is 0 Å². The van der Waals surface area contributed by atoms with E-state index in [-0.39, 0.29) is 36.2 Å². The van der Waals surface area contributed by atoms with E-state index in [1.165, 1.54) is 16.8 Å². The molecule has 13 heteroatoms. The normalized spacial score (nSPS) is 19.5. The van der Waals surface area contributed by atoms with Gasteiger partial charge in [0.15, 0.2) is 11.9 Å². The number of nitrogens with two attached hydrogens (primary N) is 4. The van der Waals surface area contributed by atoms with Crippen LogP contribution >= 0.6 is 0 Å². The van der Waals surface area contributed by atoms with Gasteiger partial charge in [0.05, 0.1) is 0 Å². The van der Waals surface area contributed by atoms with Gasteiger partial charge in [-0.25, -0.2) is 4.57 Å². The third-order valence-electron chi connectivity index (χ3n) is 5.53. The van der Waals surface area contributed by atoms with Gasteiger partial charge in [0, 0.05) is 29.4 Å². The molecule has 0 spiro atoms. The summed E-state index contributed by atoms with van der Waals surface area (Å²) in [4.78, 5) is 45.0. The standard InChI is InChI=1S/C24H39N5O8/c25-16(21(30)31)4-1-2-11-29-13-14(7-9-18(27)23(34)35)12-15(8-10-19(28)24(36)37)20(29)6-3-5-17(26)22(32)33/h12-13,16-19H,1-11,25-28H2,(H3-,30,31,32,33,34,35,36,37)/p+1/t16-,17-,18?,19-/m0/s1/i3D,6D,7D,8D/t3?,6?,7?,8?,16-,17-,18?,19-. The fourth-order valence-electron chi connectivity index (χ4n) is 3.27. The fraction of sp³-hybridized carbons (Fsp3) is 0.625. The van der Waals surface area contributed by atoms with Crippen LogP contribution < -0.4 is 27.5 Å². The van der Waals surface area contributed by atoms with Gasteiger partial charge in [0.2, 0.25) is 0 Å². The molecular weight excluding hydrogens is 486 g/mol. The molecule has 1 heterocycles. The molecule has 0 saturated carbocycles. The number of hydrogen-bond donors (Lipinski definition) is 8. The maximum atomic E-state index is 11.4. The van der Waals surface area contributed by atoms with Gasteiger partial charge in [-0.2, -0.15) is 0 Å². The Kier molecular flexibility index (Phi) is 10.9. The summed E-state index contributed by atoms with van der Waals surface area (Å²) in [6.07, 6.45) is -4.30. The van der Waals surface area contributed by atoms with Gasteiger partial charge in [0.1, 0.15) is 30.7 Å². The highest BCUT2D eigenvalue weighted by Crippen LogP contribution is 2.17. The molecule has 208 valence electrons. The summed E-state index contributed by atoms with van der Waals surface area (Å²) in [5.41, 5.74) is 22.7. The van der Waals surface area contributed by atoms with E-state index in [1.807, 2.05) is 0 Å². The van der Waals surface area contributed by atoms with Crippen LogP contribution in [0, 0.1) is 0 Å². The average Bonchev–Trinajstić information content (AvgIpc) is 2.89. The molecular formula is C24H40N5O8+. The van der Waals surface area contributed by atoms with Crippen LogP contribution in [0.5, 0.6) is 0 Å². The molecule has 12 N–H and O–H groups in total. The fourth-order valence-corrected chi connectivity index (χ4v) is 3.27. The zero-order valence-corrected chi connectivity index (χ0v) is 20.4. The second-order valence-corrected chi connectivity index (χ2v) is 8.60. The number of unbranched alkanes of at least 4 members (excludes halogenated alkanes) is 1. The molecule has 0 aliphatic carbocycles. The molecule has 0 aromatic carbocycles. The van der Waals surface area contributed by atoms with Crippen molar-refractivity contribution in [3.63, 3.8) is 0 Å². The summed E-state index contributed by atoms with van der Waals surface area (Å²) >= 11 is 0. The zero-order chi connectivity index (χ0) is 31.6. The Morgan fingerprint density at radius 2 is 1.22 bits per heavy atom. The highest BCUT2D eigenvalue weighted by Gasteiger charge is 2.23. The molecule has 8 atom stereocenters. The third kappa shape index (κ3) is 11.6. The minimum absolute atomic E-state index is 0.0590. The van der Waals surface area contributed by atoms with Gasteiger partial charge >= 0.3 is 23.9 Å². The summed E-state index contributed by atoms with van der Waals surface area (Å²) in [6, 6.07) is -4.02. The molecule has 0 saturated heterocycles. The highest BCUT2D eigenvalue weighted by atomic mass is 16.4. The minimum Gasteiger partial charge on any atom is -0.480 e. The molecule has 0 radical (unpaired) electrons. The molecule has 37 heavy (non-hydrogen) atoms. The lowest BCUT2D eigenvalue weighted by atomic mass is 9.96. The van der Waals surface area contributed by atoms with Crippen molar-refractivity contribution in [3.8, 4) is 0 Å². The number of carbonyl (C=O) groups is 4. The number of hydrogen-bond acceptors (Lipinski definition) is 8. The SMILES string of the molecule is [2H]C(CC(N)C(=O)O)c1cc(C([2H])C[C@H](N)C(=O)O)c(C([2H])C([2H])C[C@H](N)C(=O)O)[n+](CCCC[C@H](N)C(=O)O)c1. The molecule has 0 bridgehead atoms. The van der Waals surface area contributed by atoms with Crippen molar-refractivity contribution < 1.29 is 49.7 Å². The number of aliphatic carboxylic acids is 4. The summed E-state index contributed by atoms with van der Waals surface area (Å²) in [7, 11) is 0. The number of aryl methyl sites for hydroxylation is 3. The number of carboxylic acids is 4. The van der Waals surface area contributed by atoms with E-state index in [4.69, 9.17) is 38.6 Å². The van der Waals surface area contributed by atoms with Crippen LogP contribution in [-0.2, 0) is 44.9 Å². The van der Waals surface area contributed by atoms with E-state index in [2.05, 4.69) is 0 Å². The van der Waals surface area contributed by atoms with Gasteiger partial charge in [0.25, 0.3) is 0 Å². The lowest BCUT2D eigenvalue weighted by Gasteiger charge is -2.15. The number of pyridine rings is 1. The lowest BCUT2D eigenvalue weighted by Crippen LogP contribution is -2.41. The molecule has 0 amide bonds. The maximum absolute atomic E-state index is 11.4. The van der Waals surface area contributed by atoms with Crippen molar-refractivity contribution in [2.75, 3.05) is 0 Å². The molecule has 1 aromatic heterocycles. The summed E-state index contributed by atoms with van der Waals surface area (Å²) in [5.74, 6) is -5.25. The predicted octanol–water partition coefficient (Wildman–Crippen LogP) is -1.02. The Bertz CT molecular complexity index is 1080. The van der Waals surface area contributed by atoms with Crippen LogP contribution in [0.1, 0.15) is 67.2 Å². The summed E-state index contributed by atoms with van der Waals surface area (Å²) in [6.45, 7) is 0.102. The van der Waals surface area contributed by atoms with Crippen molar-refractivity contribution in [1.29, 1.82) is 0 Å². The summed E-state index contributed by atoms with van der Waals surface area (Å²) in [5, 5.41) is 36.6. The number of rotatable bonds is 19. The maximum Gasteiger partial charge on any atom is 0.320 e. The Labute approximate surface area is 221 Å².